The highest BCUT2D eigenvalue weighted by molar-refractivity contribution is 7.09. The second-order valence-corrected chi connectivity index (χ2v) is 8.24. The molecule has 1 amide bonds. The van der Waals surface area contributed by atoms with E-state index in [9.17, 15) is 4.79 Å². The van der Waals surface area contributed by atoms with Gasteiger partial charge in [-0.3, -0.25) is 9.48 Å². The number of aromatic nitrogens is 2. The minimum atomic E-state index is -0.156. The van der Waals surface area contributed by atoms with E-state index in [0.29, 0.717) is 31.1 Å². The molecule has 7 heteroatoms. The van der Waals surface area contributed by atoms with Crippen LogP contribution in [-0.4, -0.2) is 42.0 Å². The average molecular weight is 419 g/mol. The topological polar surface area (TPSA) is 59.4 Å². The number of amides is 1. The number of ether oxygens (including phenoxy) is 1. The molecule has 0 unspecified atom stereocenters. The molecule has 0 atom stereocenters. The summed E-state index contributed by atoms with van der Waals surface area (Å²) in [5, 5.41) is 10.7. The van der Waals surface area contributed by atoms with Crippen LogP contribution in [0.5, 0.6) is 0 Å². The molecule has 1 fully saturated rings. The summed E-state index contributed by atoms with van der Waals surface area (Å²) in [4.78, 5) is 16.5. The van der Waals surface area contributed by atoms with Crippen LogP contribution < -0.4 is 10.2 Å². The second-order valence-electron chi connectivity index (χ2n) is 7.21. The van der Waals surface area contributed by atoms with Gasteiger partial charge in [-0.05, 0) is 41.8 Å². The van der Waals surface area contributed by atoms with Gasteiger partial charge in [0.25, 0.3) is 5.91 Å². The monoisotopic (exact) mass is 418 g/mol. The minimum Gasteiger partial charge on any atom is -0.378 e. The number of hydrogen-bond acceptors (Lipinski definition) is 5. The molecule has 1 aliphatic heterocycles. The molecule has 2 aromatic carbocycles. The Bertz CT molecular complexity index is 1160. The van der Waals surface area contributed by atoms with Gasteiger partial charge in [-0.25, -0.2) is 0 Å². The Morgan fingerprint density at radius 2 is 1.93 bits per heavy atom. The molecule has 152 valence electrons. The number of para-hydroxylation sites is 1. The molecule has 4 aromatic rings. The smallest absolute Gasteiger partial charge is 0.256 e. The number of benzene rings is 2. The highest BCUT2D eigenvalue weighted by Gasteiger charge is 2.16. The fourth-order valence-electron chi connectivity index (χ4n) is 3.74. The van der Waals surface area contributed by atoms with Crippen molar-refractivity contribution in [2.24, 2.45) is 0 Å². The van der Waals surface area contributed by atoms with Gasteiger partial charge < -0.3 is 15.0 Å². The van der Waals surface area contributed by atoms with Crippen molar-refractivity contribution < 1.29 is 9.53 Å². The van der Waals surface area contributed by atoms with Crippen LogP contribution in [0.2, 0.25) is 0 Å². The van der Waals surface area contributed by atoms with E-state index in [1.807, 2.05) is 59.3 Å². The molecular weight excluding hydrogens is 396 g/mol. The van der Waals surface area contributed by atoms with Crippen molar-refractivity contribution in [3.05, 3.63) is 76.5 Å². The first-order valence-corrected chi connectivity index (χ1v) is 10.9. The molecule has 30 heavy (non-hydrogen) atoms. The Balaban J connectivity index is 1.41. The Hall–Kier alpha value is -3.16. The third-order valence-electron chi connectivity index (χ3n) is 5.26. The molecule has 1 saturated heterocycles. The summed E-state index contributed by atoms with van der Waals surface area (Å²) in [6.45, 7) is 3.78. The average Bonchev–Trinajstić information content (AvgIpc) is 3.43. The summed E-state index contributed by atoms with van der Waals surface area (Å²) in [5.41, 5.74) is 2.66. The number of anilines is 2. The zero-order chi connectivity index (χ0) is 20.3. The van der Waals surface area contributed by atoms with Crippen LogP contribution >= 0.6 is 11.3 Å². The molecule has 0 saturated carbocycles. The Kier molecular flexibility index (Phi) is 5.21. The zero-order valence-electron chi connectivity index (χ0n) is 16.5. The van der Waals surface area contributed by atoms with E-state index in [1.165, 1.54) is 4.88 Å². The second kappa shape index (κ2) is 8.30. The third-order valence-corrected chi connectivity index (χ3v) is 6.12. The fourth-order valence-corrected chi connectivity index (χ4v) is 4.42. The SMILES string of the molecule is O=C(Nc1nn(Cc2cccs2)c2ccccc12)c1cccc(N2CCOCC2)c1. The van der Waals surface area contributed by atoms with Crippen LogP contribution in [0, 0.1) is 0 Å². The lowest BCUT2D eigenvalue weighted by Gasteiger charge is -2.29. The number of rotatable bonds is 5. The lowest BCUT2D eigenvalue weighted by Crippen LogP contribution is -2.36. The Labute approximate surface area is 178 Å². The molecule has 0 radical (unpaired) electrons. The number of carbonyl (C=O) groups is 1. The normalized spacial score (nSPS) is 14.2. The lowest BCUT2D eigenvalue weighted by molar-refractivity contribution is 0.102. The standard InChI is InChI=1S/C23H22N4O2S/c28-23(17-5-3-6-18(15-17)26-10-12-29-13-11-26)24-22-20-8-1-2-9-21(20)27(25-22)16-19-7-4-14-30-19/h1-9,14-15H,10-13,16H2,(H,24,25,28). The number of morpholine rings is 1. The maximum atomic E-state index is 13.0. The van der Waals surface area contributed by atoms with Gasteiger partial charge >= 0.3 is 0 Å². The maximum Gasteiger partial charge on any atom is 0.256 e. The van der Waals surface area contributed by atoms with Crippen LogP contribution in [-0.2, 0) is 11.3 Å². The minimum absolute atomic E-state index is 0.156. The Morgan fingerprint density at radius 1 is 1.07 bits per heavy atom. The number of nitrogens with zero attached hydrogens (tertiary/aromatic N) is 3. The predicted molar refractivity (Wildman–Crippen MR) is 121 cm³/mol. The van der Waals surface area contributed by atoms with E-state index in [0.717, 1.165) is 29.7 Å². The number of hydrogen-bond donors (Lipinski definition) is 1. The van der Waals surface area contributed by atoms with E-state index in [-0.39, 0.29) is 5.91 Å². The molecule has 3 heterocycles. The molecule has 5 rings (SSSR count). The van der Waals surface area contributed by atoms with Gasteiger partial charge in [-0.1, -0.05) is 24.3 Å². The van der Waals surface area contributed by atoms with Crippen LogP contribution in [0.1, 0.15) is 15.2 Å². The first-order valence-electron chi connectivity index (χ1n) is 10.00. The summed E-state index contributed by atoms with van der Waals surface area (Å²) < 4.78 is 7.37. The van der Waals surface area contributed by atoms with Gasteiger partial charge in [0.1, 0.15) is 0 Å². The quantitative estimate of drug-likeness (QED) is 0.527. The van der Waals surface area contributed by atoms with Crippen LogP contribution in [0.3, 0.4) is 0 Å². The maximum absolute atomic E-state index is 13.0. The number of thiophene rings is 1. The largest absolute Gasteiger partial charge is 0.378 e. The summed E-state index contributed by atoms with van der Waals surface area (Å²) in [5.74, 6) is 0.431. The first-order chi connectivity index (χ1) is 14.8. The van der Waals surface area contributed by atoms with Crippen LogP contribution in [0.15, 0.2) is 66.0 Å². The number of nitrogens with one attached hydrogen (secondary N) is 1. The van der Waals surface area contributed by atoms with Crippen molar-refractivity contribution in [1.29, 1.82) is 0 Å². The van der Waals surface area contributed by atoms with Crippen LogP contribution in [0.4, 0.5) is 11.5 Å². The van der Waals surface area contributed by atoms with Crippen molar-refractivity contribution in [2.75, 3.05) is 36.5 Å². The summed E-state index contributed by atoms with van der Waals surface area (Å²) >= 11 is 1.70. The summed E-state index contributed by atoms with van der Waals surface area (Å²) in [7, 11) is 0. The first kappa shape index (κ1) is 18.8. The fraction of sp³-hybridized carbons (Fsp3) is 0.217. The van der Waals surface area contributed by atoms with Crippen molar-refractivity contribution >= 4 is 39.7 Å². The van der Waals surface area contributed by atoms with Gasteiger partial charge in [0.15, 0.2) is 5.82 Å². The van der Waals surface area contributed by atoms with E-state index in [1.54, 1.807) is 11.3 Å². The van der Waals surface area contributed by atoms with E-state index in [4.69, 9.17) is 9.84 Å². The van der Waals surface area contributed by atoms with Gasteiger partial charge in [-0.15, -0.1) is 11.3 Å². The van der Waals surface area contributed by atoms with Crippen LogP contribution in [0.25, 0.3) is 10.9 Å². The van der Waals surface area contributed by atoms with E-state index >= 15 is 0 Å². The zero-order valence-corrected chi connectivity index (χ0v) is 17.3. The summed E-state index contributed by atoms with van der Waals surface area (Å²) in [6, 6.07) is 19.8. The molecule has 2 aromatic heterocycles. The van der Waals surface area contributed by atoms with Gasteiger partial charge in [0, 0.05) is 34.6 Å². The number of fused-ring (bicyclic) bond motifs is 1. The molecule has 0 spiro atoms. The summed E-state index contributed by atoms with van der Waals surface area (Å²) in [6.07, 6.45) is 0. The van der Waals surface area contributed by atoms with Crippen molar-refractivity contribution in [3.63, 3.8) is 0 Å². The van der Waals surface area contributed by atoms with Gasteiger partial charge in [0.2, 0.25) is 0 Å². The molecule has 1 aliphatic rings. The molecular formula is C23H22N4O2S. The molecule has 1 N–H and O–H groups in total. The van der Waals surface area contributed by atoms with Crippen molar-refractivity contribution in [3.8, 4) is 0 Å². The van der Waals surface area contributed by atoms with Crippen molar-refractivity contribution in [2.45, 2.75) is 6.54 Å². The van der Waals surface area contributed by atoms with E-state index < -0.39 is 0 Å². The van der Waals surface area contributed by atoms with Gasteiger partial charge in [0.05, 0.1) is 25.3 Å². The van der Waals surface area contributed by atoms with E-state index in [2.05, 4.69) is 21.7 Å². The third kappa shape index (κ3) is 3.81. The highest BCUT2D eigenvalue weighted by Crippen LogP contribution is 2.25. The van der Waals surface area contributed by atoms with Gasteiger partial charge in [-0.2, -0.15) is 5.10 Å². The molecule has 0 bridgehead atoms. The lowest BCUT2D eigenvalue weighted by atomic mass is 10.1. The Morgan fingerprint density at radius 3 is 2.77 bits per heavy atom. The molecule has 0 aliphatic carbocycles. The molecule has 6 nitrogen and oxygen atoms in total. The predicted octanol–water partition coefficient (Wildman–Crippen LogP) is 4.24. The highest BCUT2D eigenvalue weighted by atomic mass is 32.1. The van der Waals surface area contributed by atoms with Crippen molar-refractivity contribution in [1.82, 2.24) is 9.78 Å². The number of carbonyl (C=O) groups excluding carboxylic acids is 1.